The van der Waals surface area contributed by atoms with Gasteiger partial charge in [0.15, 0.2) is 0 Å². The predicted molar refractivity (Wildman–Crippen MR) is 72.6 cm³/mol. The maximum Gasteiger partial charge on any atom is 0.0768 e. The topological polar surface area (TPSA) is 47.3 Å². The Kier molecular flexibility index (Phi) is 7.09. The van der Waals surface area contributed by atoms with E-state index in [1.165, 1.54) is 32.1 Å². The zero-order valence-electron chi connectivity index (χ0n) is 11.7. The lowest BCUT2D eigenvalue weighted by Crippen LogP contribution is -2.52. The molecule has 0 aromatic rings. The summed E-state index contributed by atoms with van der Waals surface area (Å²) < 4.78 is 5.78. The Hall–Kier alpha value is -0.120. The van der Waals surface area contributed by atoms with Crippen molar-refractivity contribution in [3.05, 3.63) is 0 Å². The summed E-state index contributed by atoms with van der Waals surface area (Å²) >= 11 is 0. The Labute approximate surface area is 106 Å². The zero-order chi connectivity index (χ0) is 12.7. The quantitative estimate of drug-likeness (QED) is 0.533. The van der Waals surface area contributed by atoms with Gasteiger partial charge in [0.2, 0.25) is 0 Å². The van der Waals surface area contributed by atoms with Gasteiger partial charge in [-0.05, 0) is 24.7 Å². The molecule has 1 aliphatic rings. The van der Waals surface area contributed by atoms with E-state index in [1.807, 2.05) is 7.11 Å². The van der Waals surface area contributed by atoms with Crippen LogP contribution in [-0.4, -0.2) is 19.3 Å². The molecule has 17 heavy (non-hydrogen) atoms. The fourth-order valence-corrected chi connectivity index (χ4v) is 3.39. The third kappa shape index (κ3) is 3.94. The van der Waals surface area contributed by atoms with Gasteiger partial charge in [-0.2, -0.15) is 0 Å². The van der Waals surface area contributed by atoms with Crippen molar-refractivity contribution in [3.8, 4) is 0 Å². The van der Waals surface area contributed by atoms with E-state index in [0.717, 1.165) is 12.8 Å². The number of methoxy groups -OCH3 is 1. The summed E-state index contributed by atoms with van der Waals surface area (Å²) in [4.78, 5) is 0. The van der Waals surface area contributed by atoms with Crippen LogP contribution in [0.2, 0.25) is 0 Å². The summed E-state index contributed by atoms with van der Waals surface area (Å²) in [6.45, 7) is 4.48. The van der Waals surface area contributed by atoms with Crippen molar-refractivity contribution in [2.75, 3.05) is 7.11 Å². The van der Waals surface area contributed by atoms with Crippen molar-refractivity contribution in [1.29, 1.82) is 0 Å². The van der Waals surface area contributed by atoms with Crippen molar-refractivity contribution in [3.63, 3.8) is 0 Å². The molecule has 2 unspecified atom stereocenters. The van der Waals surface area contributed by atoms with Crippen LogP contribution >= 0.6 is 0 Å². The minimum atomic E-state index is 0.283. The molecule has 0 radical (unpaired) electrons. The Balaban J connectivity index is 2.66. The monoisotopic (exact) mass is 242 g/mol. The molecule has 0 aliphatic heterocycles. The van der Waals surface area contributed by atoms with E-state index in [1.54, 1.807) is 0 Å². The van der Waals surface area contributed by atoms with Gasteiger partial charge in [-0.25, -0.2) is 0 Å². The van der Waals surface area contributed by atoms with E-state index >= 15 is 0 Å². The predicted octanol–water partition coefficient (Wildman–Crippen LogP) is 2.85. The molecule has 0 aromatic carbocycles. The lowest BCUT2D eigenvalue weighted by Gasteiger charge is -2.38. The lowest BCUT2D eigenvalue weighted by atomic mass is 9.78. The molecule has 0 aromatic heterocycles. The average molecular weight is 242 g/mol. The number of nitrogens with one attached hydrogen (secondary N) is 1. The molecule has 3 nitrogen and oxygen atoms in total. The molecule has 0 spiro atoms. The summed E-state index contributed by atoms with van der Waals surface area (Å²) in [7, 11) is 1.84. The first kappa shape index (κ1) is 14.9. The second kappa shape index (κ2) is 8.06. The summed E-state index contributed by atoms with van der Waals surface area (Å²) in [5.74, 6) is 7.09. The highest BCUT2D eigenvalue weighted by Crippen LogP contribution is 2.32. The van der Waals surface area contributed by atoms with Crippen molar-refractivity contribution in [1.82, 2.24) is 5.43 Å². The van der Waals surface area contributed by atoms with Gasteiger partial charge in [-0.15, -0.1) is 0 Å². The Morgan fingerprint density at radius 2 is 1.76 bits per heavy atom. The standard InChI is InChI=1S/C14H30N2O/c1-4-11(5-2)13(16-15)14(17-3)12-9-7-6-8-10-12/h11-14,16H,4-10,15H2,1-3H3. The van der Waals surface area contributed by atoms with E-state index in [2.05, 4.69) is 19.3 Å². The third-order valence-corrected chi connectivity index (χ3v) is 4.49. The highest BCUT2D eigenvalue weighted by Gasteiger charge is 2.33. The number of rotatable bonds is 7. The van der Waals surface area contributed by atoms with Gasteiger partial charge in [0.05, 0.1) is 12.1 Å². The fourth-order valence-electron chi connectivity index (χ4n) is 3.39. The molecule has 0 saturated heterocycles. The van der Waals surface area contributed by atoms with Crippen LogP contribution in [0.3, 0.4) is 0 Å². The minimum absolute atomic E-state index is 0.283. The minimum Gasteiger partial charge on any atom is -0.379 e. The van der Waals surface area contributed by atoms with Crippen LogP contribution in [0.1, 0.15) is 58.8 Å². The smallest absolute Gasteiger partial charge is 0.0768 e. The van der Waals surface area contributed by atoms with Gasteiger partial charge >= 0.3 is 0 Å². The molecule has 0 heterocycles. The first-order chi connectivity index (χ1) is 8.28. The molecule has 1 rings (SSSR count). The van der Waals surface area contributed by atoms with Crippen LogP contribution in [0.4, 0.5) is 0 Å². The molecule has 3 N–H and O–H groups in total. The van der Waals surface area contributed by atoms with Crippen molar-refractivity contribution < 1.29 is 4.74 Å². The van der Waals surface area contributed by atoms with Crippen LogP contribution < -0.4 is 11.3 Å². The van der Waals surface area contributed by atoms with Gasteiger partial charge in [0.25, 0.3) is 0 Å². The second-order valence-corrected chi connectivity index (χ2v) is 5.37. The van der Waals surface area contributed by atoms with Gasteiger partial charge in [-0.1, -0.05) is 46.0 Å². The van der Waals surface area contributed by atoms with E-state index in [9.17, 15) is 0 Å². The van der Waals surface area contributed by atoms with Crippen molar-refractivity contribution >= 4 is 0 Å². The second-order valence-electron chi connectivity index (χ2n) is 5.37. The van der Waals surface area contributed by atoms with E-state index in [4.69, 9.17) is 10.6 Å². The molecule has 0 amide bonds. The summed E-state index contributed by atoms with van der Waals surface area (Å²) in [5, 5.41) is 0. The summed E-state index contributed by atoms with van der Waals surface area (Å²) in [6.07, 6.45) is 9.31. The molecule has 102 valence electrons. The van der Waals surface area contributed by atoms with E-state index in [-0.39, 0.29) is 6.10 Å². The van der Waals surface area contributed by atoms with Crippen LogP contribution in [0, 0.1) is 11.8 Å². The van der Waals surface area contributed by atoms with Gasteiger partial charge in [0, 0.05) is 7.11 Å². The summed E-state index contributed by atoms with van der Waals surface area (Å²) in [6, 6.07) is 0.304. The molecule has 3 heteroatoms. The first-order valence-corrected chi connectivity index (χ1v) is 7.27. The first-order valence-electron chi connectivity index (χ1n) is 7.27. The molecule has 1 aliphatic carbocycles. The van der Waals surface area contributed by atoms with Gasteiger partial charge in [0.1, 0.15) is 0 Å². The Bertz CT molecular complexity index is 189. The maximum atomic E-state index is 5.78. The molecular weight excluding hydrogens is 212 g/mol. The van der Waals surface area contributed by atoms with E-state index in [0.29, 0.717) is 17.9 Å². The SMILES string of the molecule is CCC(CC)C(NN)C(OC)C1CCCCC1. The maximum absolute atomic E-state index is 5.78. The van der Waals surface area contributed by atoms with Crippen LogP contribution in [-0.2, 0) is 4.74 Å². The zero-order valence-corrected chi connectivity index (χ0v) is 11.7. The fraction of sp³-hybridized carbons (Fsp3) is 1.00. The average Bonchev–Trinajstić information content (AvgIpc) is 2.40. The van der Waals surface area contributed by atoms with E-state index < -0.39 is 0 Å². The molecule has 0 bridgehead atoms. The molecule has 1 fully saturated rings. The highest BCUT2D eigenvalue weighted by molar-refractivity contribution is 4.87. The normalized spacial score (nSPS) is 21.7. The Morgan fingerprint density at radius 3 is 2.18 bits per heavy atom. The number of nitrogens with two attached hydrogens (primary N) is 1. The number of ether oxygens (including phenoxy) is 1. The number of hydrazine groups is 1. The van der Waals surface area contributed by atoms with Crippen molar-refractivity contribution in [2.24, 2.45) is 17.7 Å². The molecule has 2 atom stereocenters. The third-order valence-electron chi connectivity index (χ3n) is 4.49. The Morgan fingerprint density at radius 1 is 1.18 bits per heavy atom. The number of hydrogen-bond donors (Lipinski definition) is 2. The van der Waals surface area contributed by atoms with Crippen LogP contribution in [0.5, 0.6) is 0 Å². The van der Waals surface area contributed by atoms with Gasteiger partial charge < -0.3 is 4.74 Å². The molecule has 1 saturated carbocycles. The number of hydrogen-bond acceptors (Lipinski definition) is 3. The van der Waals surface area contributed by atoms with Crippen molar-refractivity contribution in [2.45, 2.75) is 70.9 Å². The van der Waals surface area contributed by atoms with Crippen LogP contribution in [0.25, 0.3) is 0 Å². The lowest BCUT2D eigenvalue weighted by molar-refractivity contribution is -0.00909. The molecular formula is C14H30N2O. The van der Waals surface area contributed by atoms with Crippen LogP contribution in [0.15, 0.2) is 0 Å². The highest BCUT2D eigenvalue weighted by atomic mass is 16.5. The largest absolute Gasteiger partial charge is 0.379 e. The summed E-state index contributed by atoms with van der Waals surface area (Å²) in [5.41, 5.74) is 3.03. The van der Waals surface area contributed by atoms with Gasteiger partial charge in [-0.3, -0.25) is 11.3 Å².